The molecule has 0 fully saturated rings. The highest BCUT2D eigenvalue weighted by Crippen LogP contribution is 2.29. The number of rotatable bonds is 7. The Balaban J connectivity index is 2.09. The van der Waals surface area contributed by atoms with Crippen LogP contribution < -0.4 is 0 Å². The Hall–Kier alpha value is -1.97. The van der Waals surface area contributed by atoms with Crippen LogP contribution in [-0.2, 0) is 4.74 Å². The first-order valence-corrected chi connectivity index (χ1v) is 8.07. The van der Waals surface area contributed by atoms with Gasteiger partial charge < -0.3 is 9.84 Å². The van der Waals surface area contributed by atoms with Crippen LogP contribution in [0.1, 0.15) is 12.5 Å². The van der Waals surface area contributed by atoms with Gasteiger partial charge in [0.05, 0.1) is 17.8 Å². The summed E-state index contributed by atoms with van der Waals surface area (Å²) in [6, 6.07) is 19.9. The van der Waals surface area contributed by atoms with E-state index in [4.69, 9.17) is 4.74 Å². The molecule has 3 heteroatoms. The van der Waals surface area contributed by atoms with E-state index in [1.54, 1.807) is 12.3 Å². The summed E-state index contributed by atoms with van der Waals surface area (Å²) >= 11 is 1.51. The molecule has 2 aromatic rings. The molecule has 1 unspecified atom stereocenters. The van der Waals surface area contributed by atoms with Crippen LogP contribution >= 0.6 is 11.8 Å². The number of thioether (sulfide) groups is 1. The first-order valence-electron chi connectivity index (χ1n) is 7.25. The van der Waals surface area contributed by atoms with Crippen LogP contribution in [0.15, 0.2) is 82.8 Å². The lowest BCUT2D eigenvalue weighted by molar-refractivity contribution is 0.240. The molecule has 114 valence electrons. The molecule has 2 nitrogen and oxygen atoms in total. The summed E-state index contributed by atoms with van der Waals surface area (Å²) < 4.78 is 5.36. The summed E-state index contributed by atoms with van der Waals surface area (Å²) in [5.74, 6) is 0. The molecule has 0 aliphatic rings. The third-order valence-electron chi connectivity index (χ3n) is 2.91. The van der Waals surface area contributed by atoms with Crippen LogP contribution in [0.4, 0.5) is 0 Å². The fourth-order valence-electron chi connectivity index (χ4n) is 1.81. The van der Waals surface area contributed by atoms with Gasteiger partial charge >= 0.3 is 0 Å². The Morgan fingerprint density at radius 2 is 1.73 bits per heavy atom. The fraction of sp³-hybridized carbons (Fsp3) is 0.158. The molecule has 1 N–H and O–H groups in total. The summed E-state index contributed by atoms with van der Waals surface area (Å²) in [5.41, 5.74) is 1.06. The van der Waals surface area contributed by atoms with Crippen LogP contribution in [0.25, 0.3) is 6.08 Å². The number of aliphatic hydroxyl groups is 1. The molecule has 0 saturated heterocycles. The second-order valence-electron chi connectivity index (χ2n) is 4.61. The van der Waals surface area contributed by atoms with Crippen molar-refractivity contribution in [1.82, 2.24) is 0 Å². The van der Waals surface area contributed by atoms with E-state index in [1.807, 2.05) is 73.7 Å². The molecule has 0 aliphatic carbocycles. The largest absolute Gasteiger partial charge is 0.501 e. The maximum Gasteiger partial charge on any atom is 0.107 e. The van der Waals surface area contributed by atoms with E-state index < -0.39 is 6.10 Å². The monoisotopic (exact) mass is 312 g/mol. The Morgan fingerprint density at radius 3 is 2.36 bits per heavy atom. The van der Waals surface area contributed by atoms with Gasteiger partial charge in [-0.1, -0.05) is 72.4 Å². The van der Waals surface area contributed by atoms with E-state index >= 15 is 0 Å². The minimum atomic E-state index is -0.697. The van der Waals surface area contributed by atoms with E-state index in [9.17, 15) is 5.11 Å². The Kier molecular flexibility index (Phi) is 6.81. The second kappa shape index (κ2) is 9.13. The Morgan fingerprint density at radius 1 is 1.09 bits per heavy atom. The van der Waals surface area contributed by atoms with Gasteiger partial charge in [0.25, 0.3) is 0 Å². The van der Waals surface area contributed by atoms with Crippen LogP contribution in [0, 0.1) is 0 Å². The molecule has 2 aromatic carbocycles. The van der Waals surface area contributed by atoms with Crippen molar-refractivity contribution in [2.24, 2.45) is 0 Å². The van der Waals surface area contributed by atoms with Crippen LogP contribution in [0.2, 0.25) is 0 Å². The van der Waals surface area contributed by atoms with Crippen molar-refractivity contribution in [3.63, 3.8) is 0 Å². The average Bonchev–Trinajstić information content (AvgIpc) is 2.58. The molecular weight excluding hydrogens is 292 g/mol. The van der Waals surface area contributed by atoms with E-state index in [0.29, 0.717) is 6.61 Å². The van der Waals surface area contributed by atoms with E-state index in [1.165, 1.54) is 11.8 Å². The molecule has 0 spiro atoms. The highest BCUT2D eigenvalue weighted by atomic mass is 32.2. The number of hydrogen-bond acceptors (Lipinski definition) is 3. The lowest BCUT2D eigenvalue weighted by Gasteiger charge is -2.11. The highest BCUT2D eigenvalue weighted by Gasteiger charge is 2.10. The summed E-state index contributed by atoms with van der Waals surface area (Å²) in [6.45, 7) is 2.50. The quantitative estimate of drug-likeness (QED) is 0.592. The van der Waals surface area contributed by atoms with Gasteiger partial charge in [-0.3, -0.25) is 0 Å². The number of benzene rings is 2. The summed E-state index contributed by atoms with van der Waals surface area (Å²) in [6.07, 6.45) is 4.63. The van der Waals surface area contributed by atoms with Gasteiger partial charge in [0.15, 0.2) is 0 Å². The smallest absolute Gasteiger partial charge is 0.107 e. The molecule has 0 aromatic heterocycles. The molecule has 22 heavy (non-hydrogen) atoms. The predicted octanol–water partition coefficient (Wildman–Crippen LogP) is 4.73. The average molecular weight is 312 g/mol. The highest BCUT2D eigenvalue weighted by molar-refractivity contribution is 8.03. The maximum absolute atomic E-state index is 10.4. The molecule has 0 radical (unpaired) electrons. The van der Waals surface area contributed by atoms with Crippen LogP contribution in [0.5, 0.6) is 0 Å². The van der Waals surface area contributed by atoms with Crippen LogP contribution in [-0.4, -0.2) is 17.8 Å². The number of aliphatic hydroxyl groups excluding tert-OH is 1. The standard InChI is InChI=1S/C19H20O2S/c1-2-21-15-19(22-17-11-7-4-8-12-17)18(20)14-13-16-9-5-3-6-10-16/h3-15,18,20H,2H2,1H3/b14-13+,19-15-. The van der Waals surface area contributed by atoms with Crippen molar-refractivity contribution in [1.29, 1.82) is 0 Å². The zero-order valence-corrected chi connectivity index (χ0v) is 13.4. The number of ether oxygens (including phenoxy) is 1. The van der Waals surface area contributed by atoms with Gasteiger partial charge in [-0.05, 0) is 24.6 Å². The summed E-state index contributed by atoms with van der Waals surface area (Å²) in [7, 11) is 0. The molecule has 0 saturated carbocycles. The minimum absolute atomic E-state index is 0.577. The summed E-state index contributed by atoms with van der Waals surface area (Å²) in [4.78, 5) is 1.83. The normalized spacial score (nSPS) is 13.3. The SMILES string of the molecule is CCO/C=C(\Sc1ccccc1)C(O)/C=C/c1ccccc1. The predicted molar refractivity (Wildman–Crippen MR) is 93.5 cm³/mol. The molecular formula is C19H20O2S. The molecule has 0 heterocycles. The zero-order valence-electron chi connectivity index (χ0n) is 12.6. The lowest BCUT2D eigenvalue weighted by Crippen LogP contribution is -2.04. The van der Waals surface area contributed by atoms with Gasteiger partial charge in [0.2, 0.25) is 0 Å². The molecule has 0 amide bonds. The van der Waals surface area contributed by atoms with E-state index in [0.717, 1.165) is 15.4 Å². The third kappa shape index (κ3) is 5.43. The van der Waals surface area contributed by atoms with Crippen LogP contribution in [0.3, 0.4) is 0 Å². The van der Waals surface area contributed by atoms with Gasteiger partial charge in [-0.2, -0.15) is 0 Å². The van der Waals surface area contributed by atoms with Gasteiger partial charge in [0, 0.05) is 4.90 Å². The number of hydrogen-bond donors (Lipinski definition) is 1. The Bertz CT molecular complexity index is 606. The van der Waals surface area contributed by atoms with Gasteiger partial charge in [0.1, 0.15) is 6.10 Å². The first-order chi connectivity index (χ1) is 10.8. The zero-order chi connectivity index (χ0) is 15.6. The second-order valence-corrected chi connectivity index (χ2v) is 5.75. The van der Waals surface area contributed by atoms with Gasteiger partial charge in [-0.15, -0.1) is 0 Å². The van der Waals surface area contributed by atoms with Gasteiger partial charge in [-0.25, -0.2) is 0 Å². The van der Waals surface area contributed by atoms with Crippen molar-refractivity contribution < 1.29 is 9.84 Å². The first kappa shape index (κ1) is 16.4. The van der Waals surface area contributed by atoms with Crippen molar-refractivity contribution in [2.75, 3.05) is 6.61 Å². The third-order valence-corrected chi connectivity index (χ3v) is 3.99. The minimum Gasteiger partial charge on any atom is -0.501 e. The van der Waals surface area contributed by atoms with Crippen molar-refractivity contribution in [3.8, 4) is 0 Å². The topological polar surface area (TPSA) is 29.5 Å². The summed E-state index contributed by atoms with van der Waals surface area (Å²) in [5, 5.41) is 10.4. The Labute approximate surface area is 136 Å². The maximum atomic E-state index is 10.4. The molecule has 2 rings (SSSR count). The van der Waals surface area contributed by atoms with Crippen molar-refractivity contribution in [2.45, 2.75) is 17.9 Å². The molecule has 0 bridgehead atoms. The molecule has 0 aliphatic heterocycles. The molecule has 1 atom stereocenters. The van der Waals surface area contributed by atoms with E-state index in [2.05, 4.69) is 0 Å². The van der Waals surface area contributed by atoms with Crippen molar-refractivity contribution in [3.05, 3.63) is 83.5 Å². The fourth-order valence-corrected chi connectivity index (χ4v) is 2.69. The lowest BCUT2D eigenvalue weighted by atomic mass is 10.2. The van der Waals surface area contributed by atoms with E-state index in [-0.39, 0.29) is 0 Å². The van der Waals surface area contributed by atoms with Crippen molar-refractivity contribution >= 4 is 17.8 Å².